The Labute approximate surface area is 261 Å². The molecule has 2 unspecified atom stereocenters. The molecule has 0 N–H and O–H groups in total. The average molecular weight is 994 g/mol. The van der Waals surface area contributed by atoms with E-state index in [9.17, 15) is 8.42 Å². The van der Waals surface area contributed by atoms with E-state index in [1.165, 1.54) is 0 Å². The summed E-state index contributed by atoms with van der Waals surface area (Å²) in [5, 5.41) is 1.64. The second kappa shape index (κ2) is 14.7. The summed E-state index contributed by atoms with van der Waals surface area (Å²) in [5.41, 5.74) is 0. The zero-order valence-corrected chi connectivity index (χ0v) is 30.3. The molecule has 0 saturated carbocycles. The fourth-order valence-corrected chi connectivity index (χ4v) is 8.35. The summed E-state index contributed by atoms with van der Waals surface area (Å²) >= 11 is 27.7. The third-order valence-corrected chi connectivity index (χ3v) is 13.2. The lowest BCUT2D eigenvalue weighted by Crippen LogP contribution is -2.09. The van der Waals surface area contributed by atoms with Crippen molar-refractivity contribution in [3.63, 3.8) is 0 Å². The topological polar surface area (TPSA) is 52.6 Å². The van der Waals surface area contributed by atoms with Crippen molar-refractivity contribution in [2.75, 3.05) is 23.9 Å². The van der Waals surface area contributed by atoms with Gasteiger partial charge in [0.2, 0.25) is 9.84 Å². The molecule has 2 rings (SSSR count). The third-order valence-electron chi connectivity index (χ3n) is 4.25. The zero-order valence-electron chi connectivity index (χ0n) is 16.8. The number of sulfone groups is 1. The van der Waals surface area contributed by atoms with Crippen LogP contribution in [0.1, 0.15) is 12.8 Å². The monoisotopic (exact) mass is 985 g/mol. The number of benzene rings is 2. The van der Waals surface area contributed by atoms with Crippen LogP contribution in [0.2, 0.25) is 0 Å². The quantitative estimate of drug-likeness (QED) is 0.199. The Morgan fingerprint density at radius 3 is 1.24 bits per heavy atom. The zero-order chi connectivity index (χ0) is 24.8. The number of alkyl halides is 4. The molecule has 0 saturated heterocycles. The standard InChI is InChI=1S/C20H18Br8O4S/c21-9-11(23)1-3-31-19-15(25)5-13(6-16(19)26)33(29,30)14-7-17(27)20(18(28)8-14)32-4-2-12(24)10-22/h5-8,11-12H,1-4,9-10H2. The maximum atomic E-state index is 13.4. The number of rotatable bonds is 12. The first-order valence-electron chi connectivity index (χ1n) is 9.40. The van der Waals surface area contributed by atoms with Gasteiger partial charge in [0.15, 0.2) is 0 Å². The molecule has 0 heterocycles. The molecule has 184 valence electrons. The van der Waals surface area contributed by atoms with Crippen molar-refractivity contribution >= 4 is 137 Å². The summed E-state index contributed by atoms with van der Waals surface area (Å²) in [5.74, 6) is 1.12. The molecule has 0 fully saturated rings. The van der Waals surface area contributed by atoms with Crippen molar-refractivity contribution in [3.05, 3.63) is 42.2 Å². The Morgan fingerprint density at radius 2 is 0.970 bits per heavy atom. The predicted octanol–water partition coefficient (Wildman–Crippen LogP) is 9.42. The Bertz CT molecular complexity index is 941. The molecule has 33 heavy (non-hydrogen) atoms. The van der Waals surface area contributed by atoms with E-state index in [4.69, 9.17) is 9.47 Å². The van der Waals surface area contributed by atoms with Gasteiger partial charge >= 0.3 is 0 Å². The van der Waals surface area contributed by atoms with E-state index in [0.29, 0.717) is 52.3 Å². The van der Waals surface area contributed by atoms with Crippen molar-refractivity contribution in [1.82, 2.24) is 0 Å². The molecule has 0 aliphatic rings. The van der Waals surface area contributed by atoms with Crippen molar-refractivity contribution < 1.29 is 17.9 Å². The highest BCUT2D eigenvalue weighted by atomic mass is 79.9. The summed E-state index contributed by atoms with van der Waals surface area (Å²) in [4.78, 5) is 0.867. The molecule has 4 nitrogen and oxygen atoms in total. The summed E-state index contributed by atoms with van der Waals surface area (Å²) in [6.07, 6.45) is 1.60. The van der Waals surface area contributed by atoms with E-state index < -0.39 is 9.84 Å². The van der Waals surface area contributed by atoms with Crippen LogP contribution in [-0.2, 0) is 9.84 Å². The molecule has 0 amide bonds. The third kappa shape index (κ3) is 8.97. The van der Waals surface area contributed by atoms with Crippen LogP contribution in [0.5, 0.6) is 11.5 Å². The van der Waals surface area contributed by atoms with Crippen LogP contribution in [0.25, 0.3) is 0 Å². The van der Waals surface area contributed by atoms with E-state index in [0.717, 1.165) is 23.5 Å². The van der Waals surface area contributed by atoms with Crippen molar-refractivity contribution in [3.8, 4) is 11.5 Å². The van der Waals surface area contributed by atoms with Crippen LogP contribution in [-0.4, -0.2) is 41.9 Å². The van der Waals surface area contributed by atoms with E-state index in [-0.39, 0.29) is 9.79 Å². The maximum Gasteiger partial charge on any atom is 0.206 e. The van der Waals surface area contributed by atoms with E-state index in [1.807, 2.05) is 0 Å². The molecule has 0 aliphatic carbocycles. The Hall–Kier alpha value is 1.83. The first-order valence-corrected chi connectivity index (χ1v) is 18.1. The Balaban J connectivity index is 2.27. The lowest BCUT2D eigenvalue weighted by molar-refractivity contribution is 0.308. The molecule has 0 spiro atoms. The van der Waals surface area contributed by atoms with Gasteiger partial charge in [0, 0.05) is 20.3 Å². The van der Waals surface area contributed by atoms with E-state index >= 15 is 0 Å². The van der Waals surface area contributed by atoms with Gasteiger partial charge in [-0.3, -0.25) is 0 Å². The second-order valence-electron chi connectivity index (χ2n) is 6.71. The summed E-state index contributed by atoms with van der Waals surface area (Å²) in [6.45, 7) is 0.968. The molecule has 2 aromatic rings. The van der Waals surface area contributed by atoms with Gasteiger partial charge in [-0.1, -0.05) is 63.7 Å². The smallest absolute Gasteiger partial charge is 0.206 e. The molecular weight excluding hydrogens is 976 g/mol. The van der Waals surface area contributed by atoms with Crippen molar-refractivity contribution in [2.45, 2.75) is 32.3 Å². The van der Waals surface area contributed by atoms with Gasteiger partial charge in [-0.05, 0) is 101 Å². The Kier molecular flexibility index (Phi) is 13.8. The SMILES string of the molecule is O=S(=O)(c1cc(Br)c(OCCC(Br)CBr)c(Br)c1)c1cc(Br)c(OCCC(Br)CBr)c(Br)c1. The molecule has 0 aromatic heterocycles. The van der Waals surface area contributed by atoms with Gasteiger partial charge < -0.3 is 9.47 Å². The maximum absolute atomic E-state index is 13.4. The van der Waals surface area contributed by atoms with Gasteiger partial charge in [-0.2, -0.15) is 0 Å². The lowest BCUT2D eigenvalue weighted by Gasteiger charge is -2.15. The minimum absolute atomic E-state index is 0.138. The van der Waals surface area contributed by atoms with Crippen LogP contribution in [0, 0.1) is 0 Å². The lowest BCUT2D eigenvalue weighted by atomic mass is 10.3. The first kappa shape index (κ1) is 31.1. The van der Waals surface area contributed by atoms with Crippen LogP contribution < -0.4 is 9.47 Å². The number of halogens is 8. The fraction of sp³-hybridized carbons (Fsp3) is 0.400. The molecule has 0 bridgehead atoms. The van der Waals surface area contributed by atoms with Crippen molar-refractivity contribution in [1.29, 1.82) is 0 Å². The van der Waals surface area contributed by atoms with Crippen LogP contribution in [0.3, 0.4) is 0 Å². The number of hydrogen-bond donors (Lipinski definition) is 0. The van der Waals surface area contributed by atoms with Gasteiger partial charge in [-0.25, -0.2) is 8.42 Å². The molecule has 2 atom stereocenters. The predicted molar refractivity (Wildman–Crippen MR) is 162 cm³/mol. The minimum Gasteiger partial charge on any atom is -0.491 e. The highest BCUT2D eigenvalue weighted by Gasteiger charge is 2.24. The minimum atomic E-state index is -3.80. The van der Waals surface area contributed by atoms with Gasteiger partial charge in [0.1, 0.15) is 11.5 Å². The van der Waals surface area contributed by atoms with Crippen molar-refractivity contribution in [2.24, 2.45) is 0 Å². The highest BCUT2D eigenvalue weighted by Crippen LogP contribution is 2.41. The van der Waals surface area contributed by atoms with E-state index in [1.54, 1.807) is 24.3 Å². The summed E-state index contributed by atoms with van der Waals surface area (Å²) < 4.78 is 40.6. The highest BCUT2D eigenvalue weighted by molar-refractivity contribution is 9.12. The second-order valence-corrected chi connectivity index (χ2v) is 16.0. The van der Waals surface area contributed by atoms with Gasteiger partial charge in [0.05, 0.1) is 40.9 Å². The fourth-order valence-electron chi connectivity index (χ4n) is 2.53. The molecule has 2 aromatic carbocycles. The van der Waals surface area contributed by atoms with Crippen LogP contribution in [0.15, 0.2) is 51.9 Å². The first-order chi connectivity index (χ1) is 15.5. The normalized spacial score (nSPS) is 13.6. The number of ether oxygens (including phenoxy) is 2. The van der Waals surface area contributed by atoms with E-state index in [2.05, 4.69) is 127 Å². The van der Waals surface area contributed by atoms with Gasteiger partial charge in [0.25, 0.3) is 0 Å². The average Bonchev–Trinajstić information content (AvgIpc) is 2.76. The molecular formula is C20H18Br8O4S. The van der Waals surface area contributed by atoms with Gasteiger partial charge in [-0.15, -0.1) is 0 Å². The summed E-state index contributed by atoms with van der Waals surface area (Å²) in [6, 6.07) is 6.20. The molecule has 13 heteroatoms. The molecule has 0 aliphatic heterocycles. The van der Waals surface area contributed by atoms with Crippen LogP contribution in [0.4, 0.5) is 0 Å². The largest absolute Gasteiger partial charge is 0.491 e. The number of hydrogen-bond acceptors (Lipinski definition) is 4. The Morgan fingerprint density at radius 1 is 0.667 bits per heavy atom. The summed E-state index contributed by atoms with van der Waals surface area (Å²) in [7, 11) is -3.80. The van der Waals surface area contributed by atoms with Crippen LogP contribution >= 0.6 is 127 Å². The molecule has 0 radical (unpaired) electrons.